The van der Waals surface area contributed by atoms with E-state index in [0.29, 0.717) is 94.5 Å². The lowest BCUT2D eigenvalue weighted by molar-refractivity contribution is -0.310. The maximum absolute atomic E-state index is 14.3. The smallest absolute Gasteiger partial charge is 0.440 e. The van der Waals surface area contributed by atoms with Crippen LogP contribution >= 0.6 is 0 Å². The first-order valence-electron chi connectivity index (χ1n) is 18.7. The van der Waals surface area contributed by atoms with E-state index in [2.05, 4.69) is 0 Å². The molecule has 0 fully saturated rings. The number of benzene rings is 4. The van der Waals surface area contributed by atoms with Crippen LogP contribution in [0.5, 0.6) is 17.2 Å². The molecule has 5 nitrogen and oxygen atoms in total. The van der Waals surface area contributed by atoms with Crippen LogP contribution in [0, 0.1) is 30.2 Å². The lowest BCUT2D eigenvalue weighted by Crippen LogP contribution is -2.35. The molecule has 0 aliphatic heterocycles. The van der Waals surface area contributed by atoms with Gasteiger partial charge in [0.2, 0.25) is 5.82 Å². The van der Waals surface area contributed by atoms with Gasteiger partial charge in [-0.3, -0.25) is 0 Å². The van der Waals surface area contributed by atoms with Gasteiger partial charge in [0.15, 0.2) is 23.2 Å². The highest BCUT2D eigenvalue weighted by molar-refractivity contribution is 5.33. The fourth-order valence-electron chi connectivity index (χ4n) is 5.73. The highest BCUT2D eigenvalue weighted by Crippen LogP contribution is 2.26. The van der Waals surface area contributed by atoms with E-state index >= 15 is 0 Å². The Hall–Kier alpha value is -4.29. The maximum Gasteiger partial charge on any atom is 0.440 e. The summed E-state index contributed by atoms with van der Waals surface area (Å²) in [5, 5.41) is 0. The summed E-state index contributed by atoms with van der Waals surface area (Å²) in [4.78, 5) is 0. The highest BCUT2D eigenvalue weighted by Gasteiger charge is 2.41. The van der Waals surface area contributed by atoms with Crippen molar-refractivity contribution in [3.8, 4) is 17.2 Å². The van der Waals surface area contributed by atoms with E-state index in [0.717, 1.165) is 11.1 Å². The van der Waals surface area contributed by atoms with Crippen molar-refractivity contribution in [2.45, 2.75) is 90.5 Å². The van der Waals surface area contributed by atoms with E-state index < -0.39 is 35.7 Å². The van der Waals surface area contributed by atoms with Crippen molar-refractivity contribution in [3.63, 3.8) is 0 Å². The summed E-state index contributed by atoms with van der Waals surface area (Å²) in [6.45, 7) is 4.02. The van der Waals surface area contributed by atoms with Crippen LogP contribution < -0.4 is 14.2 Å². The van der Waals surface area contributed by atoms with Gasteiger partial charge in [-0.15, -0.1) is 0 Å². The molecule has 0 bridgehead atoms. The first-order valence-corrected chi connectivity index (χ1v) is 18.7. The predicted octanol–water partition coefficient (Wildman–Crippen LogP) is 11.2. The molecule has 0 spiro atoms. The Bertz CT molecular complexity index is 1730. The molecule has 4 aromatic carbocycles. The van der Waals surface area contributed by atoms with Crippen LogP contribution in [0.1, 0.15) is 73.3 Å². The van der Waals surface area contributed by atoms with Crippen LogP contribution in [-0.4, -0.2) is 45.5 Å². The van der Waals surface area contributed by atoms with Crippen LogP contribution in [-0.2, 0) is 35.2 Å². The molecule has 1 unspecified atom stereocenters. The molecular formula is C43H49F7O5. The maximum atomic E-state index is 14.3. The quantitative estimate of drug-likeness (QED) is 0.0403. The van der Waals surface area contributed by atoms with Crippen molar-refractivity contribution in [1.29, 1.82) is 0 Å². The second kappa shape index (κ2) is 22.3. The van der Waals surface area contributed by atoms with Crippen LogP contribution in [0.25, 0.3) is 0 Å². The highest BCUT2D eigenvalue weighted by atomic mass is 19.4. The van der Waals surface area contributed by atoms with Gasteiger partial charge in [0, 0.05) is 0 Å². The molecule has 4 aromatic rings. The molecule has 0 heterocycles. The molecule has 0 N–H and O–H groups in total. The van der Waals surface area contributed by atoms with E-state index in [9.17, 15) is 30.7 Å². The fraction of sp³-hybridized carbons (Fsp3) is 0.442. The standard InChI is InChI=1S/C43H49F7O5/c1-3-51-37-25-20-34(40(46)41(37)47)19-12-32-15-23-36(24-16-32)53-27-7-5-9-29-55-42(43(48,49)50)54-28-8-4-6-26-52-35-21-13-31(14-22-35)11-18-33-17-10-30(2)38(44)39(33)45/h10,13-17,20-25,42H,3-9,11-12,18-19,26-29H2,1-2H3. The van der Waals surface area contributed by atoms with Crippen molar-refractivity contribution in [3.05, 3.63) is 124 Å². The molecule has 0 aliphatic carbocycles. The van der Waals surface area contributed by atoms with Gasteiger partial charge in [0.1, 0.15) is 11.5 Å². The molecule has 0 aromatic heterocycles. The van der Waals surface area contributed by atoms with Gasteiger partial charge in [-0.1, -0.05) is 42.5 Å². The zero-order chi connectivity index (χ0) is 39.6. The second-order valence-corrected chi connectivity index (χ2v) is 13.2. The molecule has 300 valence electrons. The molecule has 0 radical (unpaired) electrons. The van der Waals surface area contributed by atoms with Gasteiger partial charge >= 0.3 is 6.18 Å². The minimum atomic E-state index is -4.65. The number of halogens is 7. The molecule has 12 heteroatoms. The summed E-state index contributed by atoms with van der Waals surface area (Å²) < 4.78 is 123. The zero-order valence-electron chi connectivity index (χ0n) is 31.3. The molecule has 4 rings (SSSR count). The number of aryl methyl sites for hydroxylation is 5. The topological polar surface area (TPSA) is 46.2 Å². The minimum Gasteiger partial charge on any atom is -0.494 e. The Kier molecular flexibility index (Phi) is 17.6. The van der Waals surface area contributed by atoms with Gasteiger partial charge in [0.05, 0.1) is 33.0 Å². The van der Waals surface area contributed by atoms with Gasteiger partial charge in [0.25, 0.3) is 6.29 Å². The Balaban J connectivity index is 1.02. The van der Waals surface area contributed by atoms with Crippen LogP contribution in [0.3, 0.4) is 0 Å². The second-order valence-electron chi connectivity index (χ2n) is 13.2. The number of ether oxygens (including phenoxy) is 5. The van der Waals surface area contributed by atoms with Gasteiger partial charge in [-0.05, 0) is 136 Å². The summed E-state index contributed by atoms with van der Waals surface area (Å²) in [6.07, 6.45) is -1.92. The third kappa shape index (κ3) is 14.4. The fourth-order valence-corrected chi connectivity index (χ4v) is 5.73. The third-order valence-corrected chi connectivity index (χ3v) is 8.92. The van der Waals surface area contributed by atoms with E-state index in [-0.39, 0.29) is 36.7 Å². The number of unbranched alkanes of at least 4 members (excludes halogenated alkanes) is 4. The lowest BCUT2D eigenvalue weighted by atomic mass is 10.0. The SMILES string of the molecule is CCOc1ccc(CCc2ccc(OCCCCCOC(OCCCCCOc3ccc(CCc4ccc(C)c(F)c4F)cc3)C(F)(F)F)cc2)c(F)c1F. The lowest BCUT2D eigenvalue weighted by Gasteiger charge is -2.21. The average Bonchev–Trinajstić information content (AvgIpc) is 3.17. The molecule has 0 saturated heterocycles. The Labute approximate surface area is 318 Å². The van der Waals surface area contributed by atoms with Crippen molar-refractivity contribution in [2.75, 3.05) is 33.0 Å². The van der Waals surface area contributed by atoms with Crippen LogP contribution in [0.4, 0.5) is 30.7 Å². The average molecular weight is 779 g/mol. The normalized spacial score (nSPS) is 12.2. The number of alkyl halides is 3. The summed E-state index contributed by atoms with van der Waals surface area (Å²) in [5.74, 6) is -2.33. The Morgan fingerprint density at radius 2 is 0.945 bits per heavy atom. The number of hydrogen-bond donors (Lipinski definition) is 0. The van der Waals surface area contributed by atoms with E-state index in [4.69, 9.17) is 23.7 Å². The van der Waals surface area contributed by atoms with Crippen molar-refractivity contribution >= 4 is 0 Å². The zero-order valence-corrected chi connectivity index (χ0v) is 31.3. The Morgan fingerprint density at radius 3 is 1.42 bits per heavy atom. The summed E-state index contributed by atoms with van der Waals surface area (Å²) in [5.41, 5.74) is 2.75. The van der Waals surface area contributed by atoms with E-state index in [1.807, 2.05) is 24.3 Å². The van der Waals surface area contributed by atoms with Crippen LogP contribution in [0.2, 0.25) is 0 Å². The van der Waals surface area contributed by atoms with Crippen molar-refractivity contribution in [2.24, 2.45) is 0 Å². The van der Waals surface area contributed by atoms with Crippen LogP contribution in [0.15, 0.2) is 72.8 Å². The van der Waals surface area contributed by atoms with Crippen molar-refractivity contribution in [1.82, 2.24) is 0 Å². The summed E-state index contributed by atoms with van der Waals surface area (Å²) in [6, 6.07) is 20.7. The summed E-state index contributed by atoms with van der Waals surface area (Å²) >= 11 is 0. The Morgan fingerprint density at radius 1 is 0.491 bits per heavy atom. The number of rotatable bonds is 24. The monoisotopic (exact) mass is 778 g/mol. The molecule has 0 saturated carbocycles. The van der Waals surface area contributed by atoms with E-state index in [1.54, 1.807) is 43.3 Å². The van der Waals surface area contributed by atoms with E-state index in [1.165, 1.54) is 19.1 Å². The first-order chi connectivity index (χ1) is 26.5. The van der Waals surface area contributed by atoms with Crippen molar-refractivity contribution < 1.29 is 54.4 Å². The first kappa shape index (κ1) is 43.4. The van der Waals surface area contributed by atoms with Gasteiger partial charge < -0.3 is 23.7 Å². The predicted molar refractivity (Wildman–Crippen MR) is 197 cm³/mol. The number of hydrogen-bond acceptors (Lipinski definition) is 5. The molecular weight excluding hydrogens is 729 g/mol. The molecule has 55 heavy (non-hydrogen) atoms. The third-order valence-electron chi connectivity index (χ3n) is 8.92. The molecule has 0 aliphatic rings. The summed E-state index contributed by atoms with van der Waals surface area (Å²) in [7, 11) is 0. The molecule has 0 amide bonds. The minimum absolute atomic E-state index is 0.103. The molecule has 1 atom stereocenters. The van der Waals surface area contributed by atoms with Gasteiger partial charge in [-0.25, -0.2) is 13.2 Å². The van der Waals surface area contributed by atoms with Gasteiger partial charge in [-0.2, -0.15) is 17.6 Å². The largest absolute Gasteiger partial charge is 0.494 e.